The third kappa shape index (κ3) is 3.34. The molecule has 1 aromatic rings. The Morgan fingerprint density at radius 1 is 1.30 bits per heavy atom. The topological polar surface area (TPSA) is 40.9 Å². The first-order valence-electron chi connectivity index (χ1n) is 6.91. The molecule has 0 bridgehead atoms. The van der Waals surface area contributed by atoms with Crippen LogP contribution in [0.1, 0.15) is 44.1 Å². The second kappa shape index (κ2) is 6.61. The first-order chi connectivity index (χ1) is 9.52. The van der Waals surface area contributed by atoms with Gasteiger partial charge in [-0.05, 0) is 36.5 Å². The van der Waals surface area contributed by atoms with E-state index in [9.17, 15) is 10.1 Å². The van der Waals surface area contributed by atoms with Gasteiger partial charge in [-0.2, -0.15) is 5.26 Å². The lowest BCUT2D eigenvalue weighted by atomic mass is 9.77. The smallest absolute Gasteiger partial charge is 0.157 e. The molecule has 1 aliphatic rings. The Morgan fingerprint density at radius 3 is 2.50 bits per heavy atom. The van der Waals surface area contributed by atoms with Crippen LogP contribution in [0.2, 0.25) is 10.0 Å². The highest BCUT2D eigenvalue weighted by Crippen LogP contribution is 2.35. The number of carbonyl (C=O) groups is 1. The minimum absolute atomic E-state index is 0.00335. The zero-order valence-electron chi connectivity index (χ0n) is 11.4. The molecule has 1 saturated carbocycles. The van der Waals surface area contributed by atoms with E-state index in [0.29, 0.717) is 21.5 Å². The Bertz CT molecular complexity index is 542. The van der Waals surface area contributed by atoms with Gasteiger partial charge in [0.2, 0.25) is 0 Å². The number of Topliss-reactive ketones (excluding diaryl/α,β-unsaturated/α-hetero) is 1. The summed E-state index contributed by atoms with van der Waals surface area (Å²) < 4.78 is 0. The monoisotopic (exact) mass is 309 g/mol. The van der Waals surface area contributed by atoms with Crippen molar-refractivity contribution in [1.29, 1.82) is 5.26 Å². The fourth-order valence-corrected chi connectivity index (χ4v) is 3.32. The van der Waals surface area contributed by atoms with Crippen molar-refractivity contribution >= 4 is 29.0 Å². The number of ketones is 1. The van der Waals surface area contributed by atoms with Crippen molar-refractivity contribution in [1.82, 2.24) is 0 Å². The Balaban J connectivity index is 2.20. The van der Waals surface area contributed by atoms with Gasteiger partial charge in [0.15, 0.2) is 5.78 Å². The Labute approximate surface area is 129 Å². The lowest BCUT2D eigenvalue weighted by molar-refractivity contribution is -0.124. The van der Waals surface area contributed by atoms with E-state index in [1.807, 2.05) is 0 Å². The molecule has 1 aromatic carbocycles. The molecule has 20 heavy (non-hydrogen) atoms. The van der Waals surface area contributed by atoms with Crippen LogP contribution in [0, 0.1) is 23.2 Å². The lowest BCUT2D eigenvalue weighted by Gasteiger charge is -2.26. The summed E-state index contributed by atoms with van der Waals surface area (Å²) >= 11 is 12.0. The van der Waals surface area contributed by atoms with E-state index in [4.69, 9.17) is 23.2 Å². The van der Waals surface area contributed by atoms with Gasteiger partial charge in [0.1, 0.15) is 5.92 Å². The summed E-state index contributed by atoms with van der Waals surface area (Å²) in [4.78, 5) is 12.6. The summed E-state index contributed by atoms with van der Waals surface area (Å²) in [5, 5.41) is 10.3. The van der Waals surface area contributed by atoms with Gasteiger partial charge in [-0.15, -0.1) is 0 Å². The van der Waals surface area contributed by atoms with E-state index in [0.717, 1.165) is 25.7 Å². The van der Waals surface area contributed by atoms with Crippen molar-refractivity contribution in [2.45, 2.75) is 38.5 Å². The summed E-state index contributed by atoms with van der Waals surface area (Å²) in [7, 11) is 0. The normalized spacial score (nSPS) is 23.9. The van der Waals surface area contributed by atoms with Gasteiger partial charge in [-0.25, -0.2) is 0 Å². The standard InChI is InChI=1S/C16H17Cl2NO/c1-10-2-4-11(5-3-10)16(20)14(9-19)13-7-6-12(17)8-15(13)18/h6-8,10-11,14H,2-5H2,1H3. The van der Waals surface area contributed by atoms with Gasteiger partial charge >= 0.3 is 0 Å². The number of nitriles is 1. The average Bonchev–Trinajstić information content (AvgIpc) is 2.42. The van der Waals surface area contributed by atoms with Crippen LogP contribution >= 0.6 is 23.2 Å². The minimum atomic E-state index is -0.779. The number of carbonyl (C=O) groups excluding carboxylic acids is 1. The highest BCUT2D eigenvalue weighted by Gasteiger charge is 2.31. The largest absolute Gasteiger partial charge is 0.298 e. The number of hydrogen-bond acceptors (Lipinski definition) is 2. The molecule has 1 fully saturated rings. The van der Waals surface area contributed by atoms with Gasteiger partial charge in [0.25, 0.3) is 0 Å². The molecule has 106 valence electrons. The van der Waals surface area contributed by atoms with Gasteiger partial charge in [0, 0.05) is 16.0 Å². The maximum absolute atomic E-state index is 12.6. The maximum atomic E-state index is 12.6. The van der Waals surface area contributed by atoms with E-state index < -0.39 is 5.92 Å². The SMILES string of the molecule is CC1CCC(C(=O)C(C#N)c2ccc(Cl)cc2Cl)CC1. The molecule has 0 aromatic heterocycles. The van der Waals surface area contributed by atoms with E-state index in [1.54, 1.807) is 18.2 Å². The molecular formula is C16H17Cl2NO. The summed E-state index contributed by atoms with van der Waals surface area (Å²) in [6, 6.07) is 7.04. The van der Waals surface area contributed by atoms with Crippen LogP contribution in [-0.2, 0) is 4.79 Å². The van der Waals surface area contributed by atoms with Gasteiger partial charge < -0.3 is 0 Å². The van der Waals surface area contributed by atoms with E-state index >= 15 is 0 Å². The predicted molar refractivity (Wildman–Crippen MR) is 80.9 cm³/mol. The molecule has 2 nitrogen and oxygen atoms in total. The third-order valence-corrected chi connectivity index (χ3v) is 4.67. The van der Waals surface area contributed by atoms with Crippen molar-refractivity contribution in [2.75, 3.05) is 0 Å². The molecule has 0 radical (unpaired) electrons. The highest BCUT2D eigenvalue weighted by atomic mass is 35.5. The van der Waals surface area contributed by atoms with E-state index in [1.165, 1.54) is 0 Å². The summed E-state index contributed by atoms with van der Waals surface area (Å²) in [6.45, 7) is 2.21. The first-order valence-corrected chi connectivity index (χ1v) is 7.66. The van der Waals surface area contributed by atoms with Gasteiger partial charge in [-0.3, -0.25) is 4.79 Å². The quantitative estimate of drug-likeness (QED) is 0.788. The molecule has 4 heteroatoms. The van der Waals surface area contributed by atoms with Crippen LogP contribution in [0.4, 0.5) is 0 Å². The summed E-state index contributed by atoms with van der Waals surface area (Å²) in [5.41, 5.74) is 0.571. The van der Waals surface area contributed by atoms with Gasteiger partial charge in [-0.1, -0.05) is 49.0 Å². The van der Waals surface area contributed by atoms with Crippen molar-refractivity contribution in [3.8, 4) is 6.07 Å². The molecule has 2 rings (SSSR count). The molecule has 0 heterocycles. The van der Waals surface area contributed by atoms with Crippen molar-refractivity contribution in [3.63, 3.8) is 0 Å². The summed E-state index contributed by atoms with van der Waals surface area (Å²) in [5.74, 6) is -0.108. The van der Waals surface area contributed by atoms with Crippen LogP contribution in [0.5, 0.6) is 0 Å². The highest BCUT2D eigenvalue weighted by molar-refractivity contribution is 6.35. The van der Waals surface area contributed by atoms with Crippen LogP contribution in [0.25, 0.3) is 0 Å². The molecule has 0 amide bonds. The molecule has 1 unspecified atom stereocenters. The second-order valence-electron chi connectivity index (χ2n) is 5.59. The zero-order chi connectivity index (χ0) is 14.7. The molecule has 0 N–H and O–H groups in total. The Kier molecular flexibility index (Phi) is 5.07. The van der Waals surface area contributed by atoms with Crippen LogP contribution in [-0.4, -0.2) is 5.78 Å². The molecule has 1 atom stereocenters. The summed E-state index contributed by atoms with van der Waals surface area (Å²) in [6.07, 6.45) is 3.87. The van der Waals surface area contributed by atoms with E-state index in [-0.39, 0.29) is 11.7 Å². The number of halogens is 2. The number of rotatable bonds is 3. The fraction of sp³-hybridized carbons (Fsp3) is 0.500. The number of benzene rings is 1. The Hall–Kier alpha value is -1.04. The number of nitrogens with zero attached hydrogens (tertiary/aromatic N) is 1. The predicted octanol–water partition coefficient (Wildman–Crippen LogP) is 5.00. The molecule has 0 aliphatic heterocycles. The van der Waals surface area contributed by atoms with Gasteiger partial charge in [0.05, 0.1) is 6.07 Å². The van der Waals surface area contributed by atoms with Crippen molar-refractivity contribution in [3.05, 3.63) is 33.8 Å². The fourth-order valence-electron chi connectivity index (χ4n) is 2.80. The van der Waals surface area contributed by atoms with Crippen LogP contribution < -0.4 is 0 Å². The van der Waals surface area contributed by atoms with Crippen molar-refractivity contribution < 1.29 is 4.79 Å². The zero-order valence-corrected chi connectivity index (χ0v) is 12.9. The lowest BCUT2D eigenvalue weighted by Crippen LogP contribution is -2.25. The second-order valence-corrected chi connectivity index (χ2v) is 6.43. The average molecular weight is 310 g/mol. The van der Waals surface area contributed by atoms with Crippen molar-refractivity contribution in [2.24, 2.45) is 11.8 Å². The third-order valence-electron chi connectivity index (χ3n) is 4.11. The first kappa shape index (κ1) is 15.4. The molecule has 0 spiro atoms. The minimum Gasteiger partial charge on any atom is -0.298 e. The number of hydrogen-bond donors (Lipinski definition) is 0. The molecule has 0 saturated heterocycles. The molecule has 1 aliphatic carbocycles. The maximum Gasteiger partial charge on any atom is 0.157 e. The van der Waals surface area contributed by atoms with Crippen LogP contribution in [0.3, 0.4) is 0 Å². The van der Waals surface area contributed by atoms with E-state index in [2.05, 4.69) is 13.0 Å². The van der Waals surface area contributed by atoms with Crippen LogP contribution in [0.15, 0.2) is 18.2 Å². The molecular weight excluding hydrogens is 293 g/mol. The Morgan fingerprint density at radius 2 is 1.95 bits per heavy atom.